The van der Waals surface area contributed by atoms with Crippen LogP contribution in [0.2, 0.25) is 5.02 Å². The number of anilines is 1. The fourth-order valence-electron chi connectivity index (χ4n) is 6.56. The van der Waals surface area contributed by atoms with Gasteiger partial charge in [-0.1, -0.05) is 86.1 Å². The Morgan fingerprint density at radius 1 is 0.944 bits per heavy atom. The number of nitrogens with zero attached hydrogens (tertiary/aromatic N) is 1. The van der Waals surface area contributed by atoms with E-state index in [9.17, 15) is 14.4 Å². The van der Waals surface area contributed by atoms with Gasteiger partial charge in [0.2, 0.25) is 0 Å². The number of hydrogen-bond donors (Lipinski definition) is 0. The van der Waals surface area contributed by atoms with Crippen molar-refractivity contribution < 1.29 is 14.4 Å². The smallest absolute Gasteiger partial charge is 0.180 e. The van der Waals surface area contributed by atoms with Crippen LogP contribution < -0.4 is 4.90 Å². The third kappa shape index (κ3) is 2.91. The number of fused-ring (bicyclic) bond motifs is 5. The van der Waals surface area contributed by atoms with Gasteiger partial charge in [-0.2, -0.15) is 0 Å². The van der Waals surface area contributed by atoms with Crippen molar-refractivity contribution >= 4 is 40.7 Å². The van der Waals surface area contributed by atoms with Gasteiger partial charge in [0.25, 0.3) is 0 Å². The van der Waals surface area contributed by atoms with Gasteiger partial charge in [-0.15, -0.1) is 0 Å². The number of carbonyl (C=O) groups excluding carboxylic acids is 3. The molecule has 0 N–H and O–H groups in total. The second-order valence-corrected chi connectivity index (χ2v) is 10.8. The summed E-state index contributed by atoms with van der Waals surface area (Å²) in [4.78, 5) is 44.2. The number of hydrogen-bond acceptors (Lipinski definition) is 4. The lowest BCUT2D eigenvalue weighted by Crippen LogP contribution is -2.48. The Bertz CT molecular complexity index is 1430. The number of halogens is 1. The number of benzene rings is 3. The number of ketones is 3. The number of Topliss-reactive ketones (excluding diaryl/α,β-unsaturated/α-hetero) is 3. The van der Waals surface area contributed by atoms with Crippen LogP contribution in [0.3, 0.4) is 0 Å². The van der Waals surface area contributed by atoms with Crippen LogP contribution in [0, 0.1) is 5.41 Å². The molecule has 2 aliphatic heterocycles. The Morgan fingerprint density at radius 2 is 1.58 bits per heavy atom. The van der Waals surface area contributed by atoms with E-state index in [-0.39, 0.29) is 17.3 Å². The summed E-state index contributed by atoms with van der Waals surface area (Å²) in [5.41, 5.74) is 3.10. The van der Waals surface area contributed by atoms with Crippen molar-refractivity contribution in [1.29, 1.82) is 0 Å². The third-order valence-electron chi connectivity index (χ3n) is 8.14. The Hall–Kier alpha value is -3.50. The van der Waals surface area contributed by atoms with E-state index in [0.717, 1.165) is 22.4 Å². The van der Waals surface area contributed by atoms with Crippen molar-refractivity contribution in [1.82, 2.24) is 0 Å². The summed E-state index contributed by atoms with van der Waals surface area (Å²) in [5.74, 6) is -0.795. The number of rotatable bonds is 3. The van der Waals surface area contributed by atoms with Gasteiger partial charge in [-0.05, 0) is 47.7 Å². The molecule has 0 saturated carbocycles. The van der Waals surface area contributed by atoms with E-state index >= 15 is 0 Å². The summed E-state index contributed by atoms with van der Waals surface area (Å²) >= 11 is 6.28. The predicted molar refractivity (Wildman–Crippen MR) is 142 cm³/mol. The van der Waals surface area contributed by atoms with Crippen molar-refractivity contribution in [3.63, 3.8) is 0 Å². The Labute approximate surface area is 215 Å². The third-order valence-corrected chi connectivity index (χ3v) is 8.38. The quantitative estimate of drug-likeness (QED) is 0.390. The van der Waals surface area contributed by atoms with Gasteiger partial charge >= 0.3 is 0 Å². The number of carbonyl (C=O) groups is 3. The molecule has 6 rings (SSSR count). The fourth-order valence-corrected chi connectivity index (χ4v) is 6.74. The normalized spacial score (nSPS) is 23.2. The molecule has 0 unspecified atom stereocenters. The molecule has 0 aromatic heterocycles. The molecule has 36 heavy (non-hydrogen) atoms. The second-order valence-electron chi connectivity index (χ2n) is 10.3. The van der Waals surface area contributed by atoms with Gasteiger partial charge in [0.1, 0.15) is 5.41 Å². The lowest BCUT2D eigenvalue weighted by atomic mass is 9.64. The van der Waals surface area contributed by atoms with Crippen LogP contribution in [0.1, 0.15) is 70.0 Å². The van der Waals surface area contributed by atoms with Gasteiger partial charge in [-0.3, -0.25) is 14.4 Å². The zero-order valence-electron chi connectivity index (χ0n) is 20.4. The Balaban J connectivity index is 1.65. The monoisotopic (exact) mass is 495 g/mol. The summed E-state index contributed by atoms with van der Waals surface area (Å²) in [5, 5.41) is 0.589. The molecule has 1 fully saturated rings. The molecular weight excluding hydrogens is 470 g/mol. The summed E-state index contributed by atoms with van der Waals surface area (Å²) in [6, 6.07) is 19.4. The van der Waals surface area contributed by atoms with Crippen LogP contribution in [-0.4, -0.2) is 29.4 Å². The van der Waals surface area contributed by atoms with Crippen molar-refractivity contribution in [2.75, 3.05) is 4.90 Å². The van der Waals surface area contributed by atoms with Crippen LogP contribution in [-0.2, 0) is 4.79 Å². The lowest BCUT2D eigenvalue weighted by molar-refractivity contribution is -0.118. The van der Waals surface area contributed by atoms with E-state index in [4.69, 9.17) is 11.6 Å². The zero-order chi connectivity index (χ0) is 25.4. The molecule has 3 atom stereocenters. The van der Waals surface area contributed by atoms with Gasteiger partial charge in [0.15, 0.2) is 17.3 Å². The molecule has 1 aliphatic carbocycles. The summed E-state index contributed by atoms with van der Waals surface area (Å²) in [6.07, 6.45) is 3.84. The van der Waals surface area contributed by atoms with Gasteiger partial charge < -0.3 is 4.90 Å². The maximum atomic E-state index is 14.4. The van der Waals surface area contributed by atoms with Crippen LogP contribution in [0.4, 0.5) is 5.69 Å². The molecule has 0 bridgehead atoms. The molecule has 1 spiro atoms. The van der Waals surface area contributed by atoms with Crippen LogP contribution >= 0.6 is 11.6 Å². The SMILES string of the molecule is CC(=O)[C@@H]1[C@@H](c2ccc(C(C)C)cc2)C2(C(=O)c3ccccc3C2=O)[C@@H]2C=Cc3cc(Cl)ccc3N12. The van der Waals surface area contributed by atoms with Crippen molar-refractivity contribution in [3.8, 4) is 0 Å². The topological polar surface area (TPSA) is 54.5 Å². The molecule has 3 aromatic rings. The standard InChI is InChI=1S/C31H26ClNO3/c1-17(2)19-8-10-20(11-9-19)27-28(18(3)34)33-25-14-13-22(32)16-21(25)12-15-26(33)31(27)29(35)23-6-4-5-7-24(23)30(31)36/h4-17,26-28H,1-3H3/t26-,27+,28+/m0/s1. The van der Waals surface area contributed by atoms with Crippen molar-refractivity contribution in [2.24, 2.45) is 5.41 Å². The molecule has 180 valence electrons. The molecule has 0 radical (unpaired) electrons. The van der Waals surface area contributed by atoms with Crippen molar-refractivity contribution in [3.05, 3.63) is 106 Å². The Morgan fingerprint density at radius 3 is 2.17 bits per heavy atom. The Kier molecular flexibility index (Phi) is 5.10. The molecule has 5 heteroatoms. The van der Waals surface area contributed by atoms with E-state index in [2.05, 4.69) is 13.8 Å². The maximum absolute atomic E-state index is 14.4. The molecule has 3 aromatic carbocycles. The molecular formula is C31H26ClNO3. The first-order valence-corrected chi connectivity index (χ1v) is 12.7. The highest BCUT2D eigenvalue weighted by atomic mass is 35.5. The minimum Gasteiger partial charge on any atom is -0.352 e. The molecule has 1 saturated heterocycles. The average Bonchev–Trinajstić information content (AvgIpc) is 3.30. The van der Waals surface area contributed by atoms with Crippen LogP contribution in [0.5, 0.6) is 0 Å². The molecule has 3 aliphatic rings. The summed E-state index contributed by atoms with van der Waals surface area (Å²) < 4.78 is 0. The highest BCUT2D eigenvalue weighted by Gasteiger charge is 2.71. The molecule has 4 nitrogen and oxygen atoms in total. The van der Waals surface area contributed by atoms with E-state index in [1.54, 1.807) is 37.3 Å². The lowest BCUT2D eigenvalue weighted by Gasteiger charge is -2.37. The summed E-state index contributed by atoms with van der Waals surface area (Å²) in [6.45, 7) is 5.80. The average molecular weight is 496 g/mol. The van der Waals surface area contributed by atoms with Gasteiger partial charge in [0.05, 0.1) is 12.1 Å². The zero-order valence-corrected chi connectivity index (χ0v) is 21.1. The van der Waals surface area contributed by atoms with E-state index in [1.807, 2.05) is 53.5 Å². The van der Waals surface area contributed by atoms with Gasteiger partial charge in [0, 0.05) is 27.8 Å². The first-order valence-electron chi connectivity index (χ1n) is 12.3. The molecule has 0 amide bonds. The predicted octanol–water partition coefficient (Wildman–Crippen LogP) is 6.49. The second kappa shape index (κ2) is 8.01. The largest absolute Gasteiger partial charge is 0.352 e. The van der Waals surface area contributed by atoms with E-state index in [1.165, 1.54) is 0 Å². The van der Waals surface area contributed by atoms with Crippen LogP contribution in [0.15, 0.2) is 72.8 Å². The van der Waals surface area contributed by atoms with Crippen LogP contribution in [0.25, 0.3) is 6.08 Å². The minimum absolute atomic E-state index is 0.0810. The maximum Gasteiger partial charge on any atom is 0.180 e. The van der Waals surface area contributed by atoms with Crippen molar-refractivity contribution in [2.45, 2.75) is 44.7 Å². The minimum atomic E-state index is -1.44. The fraction of sp³-hybridized carbons (Fsp3) is 0.258. The first kappa shape index (κ1) is 22.9. The highest BCUT2D eigenvalue weighted by molar-refractivity contribution is 6.32. The van der Waals surface area contributed by atoms with Gasteiger partial charge in [-0.25, -0.2) is 0 Å². The van der Waals surface area contributed by atoms with E-state index in [0.29, 0.717) is 22.1 Å². The summed E-state index contributed by atoms with van der Waals surface area (Å²) in [7, 11) is 0. The first-order chi connectivity index (χ1) is 17.3. The molecule has 2 heterocycles. The highest BCUT2D eigenvalue weighted by Crippen LogP contribution is 2.60. The van der Waals surface area contributed by atoms with E-state index < -0.39 is 23.4 Å².